The molecule has 1 saturated carbocycles. The number of hydrogen-bond acceptors (Lipinski definition) is 1. The molecule has 1 N–H and O–H groups in total. The summed E-state index contributed by atoms with van der Waals surface area (Å²) in [4.78, 5) is 0. The number of benzene rings is 1. The van der Waals surface area contributed by atoms with Gasteiger partial charge in [-0.15, -0.1) is 0 Å². The van der Waals surface area contributed by atoms with Crippen LogP contribution in [0.2, 0.25) is 0 Å². The van der Waals surface area contributed by atoms with Crippen LogP contribution in [0.3, 0.4) is 0 Å². The highest BCUT2D eigenvalue weighted by molar-refractivity contribution is 5.57. The molecule has 0 aliphatic heterocycles. The number of hydrogen-bond donors (Lipinski definition) is 1. The van der Waals surface area contributed by atoms with Gasteiger partial charge in [-0.3, -0.25) is 0 Å². The van der Waals surface area contributed by atoms with E-state index in [1.165, 1.54) is 12.1 Å². The molecule has 1 aliphatic carbocycles. The molecule has 0 radical (unpaired) electrons. The zero-order valence-electron chi connectivity index (χ0n) is 11.3. The first-order valence-corrected chi connectivity index (χ1v) is 6.91. The van der Waals surface area contributed by atoms with Gasteiger partial charge >= 0.3 is 0 Å². The van der Waals surface area contributed by atoms with Crippen molar-refractivity contribution in [1.82, 2.24) is 0 Å². The summed E-state index contributed by atoms with van der Waals surface area (Å²) in [6, 6.07) is 1.54. The van der Waals surface area contributed by atoms with Crippen molar-refractivity contribution in [1.29, 1.82) is 0 Å². The van der Waals surface area contributed by atoms with Crippen molar-refractivity contribution in [3.05, 3.63) is 35.4 Å². The van der Waals surface area contributed by atoms with E-state index in [9.17, 15) is 13.9 Å². The van der Waals surface area contributed by atoms with E-state index < -0.39 is 17.4 Å². The van der Waals surface area contributed by atoms with Crippen molar-refractivity contribution in [3.8, 4) is 5.75 Å². The molecule has 3 heteroatoms. The van der Waals surface area contributed by atoms with Gasteiger partial charge in [0.1, 0.15) is 0 Å². The van der Waals surface area contributed by atoms with Crippen LogP contribution in [0.15, 0.2) is 12.6 Å². The van der Waals surface area contributed by atoms with Crippen LogP contribution in [-0.4, -0.2) is 5.11 Å². The Morgan fingerprint density at radius 2 is 1.89 bits per heavy atom. The van der Waals surface area contributed by atoms with Gasteiger partial charge in [0.05, 0.1) is 0 Å². The lowest BCUT2D eigenvalue weighted by Gasteiger charge is -2.28. The molecule has 1 nitrogen and oxygen atoms in total. The highest BCUT2D eigenvalue weighted by Gasteiger charge is 2.26. The minimum absolute atomic E-state index is 0.0524. The zero-order chi connectivity index (χ0) is 14.0. The summed E-state index contributed by atoms with van der Waals surface area (Å²) >= 11 is 0. The predicted molar refractivity (Wildman–Crippen MR) is 73.1 cm³/mol. The lowest BCUT2D eigenvalue weighted by molar-refractivity contribution is 0.311. The molecule has 1 aromatic carbocycles. The minimum atomic E-state index is -1.15. The molecule has 1 aromatic rings. The van der Waals surface area contributed by atoms with Crippen LogP contribution >= 0.6 is 0 Å². The second-order valence-electron chi connectivity index (χ2n) is 5.36. The number of rotatable bonds is 3. The molecule has 0 atom stereocenters. The van der Waals surface area contributed by atoms with Crippen LogP contribution < -0.4 is 0 Å². The van der Waals surface area contributed by atoms with Crippen molar-refractivity contribution >= 4 is 6.08 Å². The fourth-order valence-corrected chi connectivity index (χ4v) is 2.99. The van der Waals surface area contributed by atoms with Gasteiger partial charge in [0.25, 0.3) is 0 Å². The molecule has 0 bridgehead atoms. The van der Waals surface area contributed by atoms with Crippen molar-refractivity contribution in [2.45, 2.75) is 44.9 Å². The smallest absolute Gasteiger partial charge is 0.201 e. The third kappa shape index (κ3) is 2.65. The van der Waals surface area contributed by atoms with Gasteiger partial charge in [0.2, 0.25) is 5.82 Å². The molecule has 0 saturated heterocycles. The summed E-state index contributed by atoms with van der Waals surface area (Å²) in [7, 11) is 0. The van der Waals surface area contributed by atoms with Crippen LogP contribution in [0.25, 0.3) is 6.08 Å². The predicted octanol–water partition coefficient (Wildman–Crippen LogP) is 5.00. The maximum atomic E-state index is 14.0. The SMILES string of the molecule is C=Cc1cc(C2CCC(CC)CC2)c(F)c(F)c1O. The fraction of sp³-hybridized carbons (Fsp3) is 0.500. The van der Waals surface area contributed by atoms with E-state index in [1.54, 1.807) is 0 Å². The zero-order valence-corrected chi connectivity index (χ0v) is 11.3. The quantitative estimate of drug-likeness (QED) is 0.816. The normalized spacial score (nSPS) is 23.3. The molecule has 1 fully saturated rings. The van der Waals surface area contributed by atoms with E-state index in [1.807, 2.05) is 0 Å². The Hall–Kier alpha value is -1.38. The molecule has 0 aromatic heterocycles. The van der Waals surface area contributed by atoms with E-state index in [-0.39, 0.29) is 11.5 Å². The van der Waals surface area contributed by atoms with E-state index in [2.05, 4.69) is 13.5 Å². The topological polar surface area (TPSA) is 20.2 Å². The summed E-state index contributed by atoms with van der Waals surface area (Å²) in [6.45, 7) is 5.69. The largest absolute Gasteiger partial charge is 0.504 e. The van der Waals surface area contributed by atoms with Crippen LogP contribution in [0.4, 0.5) is 8.78 Å². The van der Waals surface area contributed by atoms with E-state index in [0.717, 1.165) is 32.1 Å². The monoisotopic (exact) mass is 266 g/mol. The Kier molecular flexibility index (Phi) is 4.23. The minimum Gasteiger partial charge on any atom is -0.504 e. The maximum Gasteiger partial charge on any atom is 0.201 e. The number of phenolic OH excluding ortho intramolecular Hbond substituents is 1. The first-order chi connectivity index (χ1) is 9.08. The molecule has 0 spiro atoms. The molecule has 19 heavy (non-hydrogen) atoms. The van der Waals surface area contributed by atoms with Gasteiger partial charge in [-0.2, -0.15) is 4.39 Å². The van der Waals surface area contributed by atoms with E-state index >= 15 is 0 Å². The number of phenols is 1. The van der Waals surface area contributed by atoms with Crippen LogP contribution in [0, 0.1) is 17.6 Å². The second-order valence-corrected chi connectivity index (χ2v) is 5.36. The van der Waals surface area contributed by atoms with Gasteiger partial charge < -0.3 is 5.11 Å². The van der Waals surface area contributed by atoms with Gasteiger partial charge in [-0.05, 0) is 49.1 Å². The summed E-state index contributed by atoms with van der Waals surface area (Å²) in [5, 5.41) is 9.50. The molecule has 104 valence electrons. The third-order valence-electron chi connectivity index (χ3n) is 4.32. The Labute approximate surface area is 113 Å². The number of halogens is 2. The molecule has 0 heterocycles. The van der Waals surface area contributed by atoms with E-state index in [0.29, 0.717) is 11.5 Å². The average molecular weight is 266 g/mol. The van der Waals surface area contributed by atoms with Crippen molar-refractivity contribution in [2.24, 2.45) is 5.92 Å². The van der Waals surface area contributed by atoms with Gasteiger partial charge in [0, 0.05) is 5.56 Å². The third-order valence-corrected chi connectivity index (χ3v) is 4.32. The highest BCUT2D eigenvalue weighted by atomic mass is 19.2. The lowest BCUT2D eigenvalue weighted by Crippen LogP contribution is -2.14. The van der Waals surface area contributed by atoms with Gasteiger partial charge in [-0.1, -0.05) is 26.0 Å². The van der Waals surface area contributed by atoms with Crippen molar-refractivity contribution in [2.75, 3.05) is 0 Å². The van der Waals surface area contributed by atoms with Crippen LogP contribution in [0.5, 0.6) is 5.75 Å². The molecule has 0 amide bonds. The van der Waals surface area contributed by atoms with Crippen molar-refractivity contribution in [3.63, 3.8) is 0 Å². The standard InChI is InChI=1S/C16H20F2O/c1-3-10-5-7-12(8-6-10)13-9-11(4-2)16(19)15(18)14(13)17/h4,9-10,12,19H,2-3,5-8H2,1H3. The summed E-state index contributed by atoms with van der Waals surface area (Å²) in [6.07, 6.45) is 6.40. The second kappa shape index (κ2) is 5.72. The fourth-order valence-electron chi connectivity index (χ4n) is 2.99. The Balaban J connectivity index is 2.30. The molecule has 2 rings (SSSR count). The van der Waals surface area contributed by atoms with Gasteiger partial charge in [-0.25, -0.2) is 4.39 Å². The Bertz CT molecular complexity index is 474. The summed E-state index contributed by atoms with van der Waals surface area (Å²) in [5.41, 5.74) is 0.659. The van der Waals surface area contributed by atoms with Crippen LogP contribution in [0.1, 0.15) is 56.1 Å². The Morgan fingerprint density at radius 3 is 2.42 bits per heavy atom. The molecule has 1 aliphatic rings. The molecular weight excluding hydrogens is 246 g/mol. The first kappa shape index (κ1) is 14.0. The first-order valence-electron chi connectivity index (χ1n) is 6.91. The maximum absolute atomic E-state index is 14.0. The average Bonchev–Trinajstić information content (AvgIpc) is 2.45. The summed E-state index contributed by atoms with van der Waals surface area (Å²) < 4.78 is 27.6. The number of aromatic hydroxyl groups is 1. The van der Waals surface area contributed by atoms with Crippen LogP contribution in [-0.2, 0) is 0 Å². The lowest BCUT2D eigenvalue weighted by atomic mass is 9.77. The van der Waals surface area contributed by atoms with Crippen molar-refractivity contribution < 1.29 is 13.9 Å². The van der Waals surface area contributed by atoms with Gasteiger partial charge in [0.15, 0.2) is 11.6 Å². The Morgan fingerprint density at radius 1 is 1.26 bits per heavy atom. The highest BCUT2D eigenvalue weighted by Crippen LogP contribution is 2.40. The molecular formula is C16H20F2O. The summed E-state index contributed by atoms with van der Waals surface area (Å²) in [5.74, 6) is -1.93. The van der Waals surface area contributed by atoms with E-state index in [4.69, 9.17) is 0 Å². The molecule has 0 unspecified atom stereocenters.